The summed E-state index contributed by atoms with van der Waals surface area (Å²) in [6.45, 7) is 5.77. The summed E-state index contributed by atoms with van der Waals surface area (Å²) >= 11 is 0. The molecule has 0 amide bonds. The van der Waals surface area contributed by atoms with Crippen LogP contribution < -0.4 is 37.2 Å². The van der Waals surface area contributed by atoms with Crippen molar-refractivity contribution < 1.29 is 54.0 Å². The van der Waals surface area contributed by atoms with Crippen LogP contribution in [0.4, 0.5) is 0 Å². The zero-order chi connectivity index (χ0) is 12.9. The summed E-state index contributed by atoms with van der Waals surface area (Å²) in [4.78, 5) is 0. The molecule has 10 heteroatoms. The maximum atomic E-state index is 6.64. The van der Waals surface area contributed by atoms with Crippen molar-refractivity contribution in [1.82, 2.24) is 0 Å². The first-order chi connectivity index (χ1) is 6.81. The van der Waals surface area contributed by atoms with Gasteiger partial charge in [-0.3, -0.25) is 0 Å². The average Bonchev–Trinajstić information content (AvgIpc) is 2.19. The van der Waals surface area contributed by atoms with E-state index >= 15 is 0 Å². The van der Waals surface area contributed by atoms with Crippen LogP contribution in [0, 0.1) is 0 Å². The van der Waals surface area contributed by atoms with Gasteiger partial charge in [0.15, 0.2) is 0 Å². The Hall–Kier alpha value is 1.14. The minimum Gasteiger partial charge on any atom is -1.00 e. The second-order valence-corrected chi connectivity index (χ2v) is 3.32. The van der Waals surface area contributed by atoms with E-state index in [0.29, 0.717) is 0 Å². The first kappa shape index (κ1) is 42.7. The van der Waals surface area contributed by atoms with Gasteiger partial charge >= 0.3 is 16.8 Å². The topological polar surface area (TPSA) is 143 Å². The van der Waals surface area contributed by atoms with E-state index in [1.54, 1.807) is 20.8 Å². The molecule has 0 saturated carbocycles. The molecule has 0 spiro atoms. The third-order valence-electron chi connectivity index (χ3n) is 0.919. The van der Waals surface area contributed by atoms with Gasteiger partial charge in [0.25, 0.3) is 0 Å². The fraction of sp³-hybridized carbons (Fsp3) is 1.00. The Bertz CT molecular complexity index is 92.9. The van der Waals surface area contributed by atoms with E-state index in [1.165, 1.54) is 0 Å². The summed E-state index contributed by atoms with van der Waals surface area (Å²) in [5.41, 5.74) is 39.3. The molecule has 0 aliphatic heterocycles. The van der Waals surface area contributed by atoms with Crippen molar-refractivity contribution in [3.8, 4) is 0 Å². The third kappa shape index (κ3) is 110. The van der Waals surface area contributed by atoms with Crippen molar-refractivity contribution in [2.45, 2.75) is 38.9 Å². The van der Waals surface area contributed by atoms with Crippen molar-refractivity contribution in [2.75, 3.05) is 19.6 Å². The van der Waals surface area contributed by atoms with Crippen LogP contribution >= 0.6 is 0 Å². The molecule has 0 aliphatic rings. The number of halogens is 3. The summed E-state index contributed by atoms with van der Waals surface area (Å²) in [6.07, 6.45) is 0. The van der Waals surface area contributed by atoms with Gasteiger partial charge in [-0.15, -0.1) is 0 Å². The maximum Gasteiger partial charge on any atom is 3.00 e. The fourth-order valence-corrected chi connectivity index (χ4v) is 0. The molecule has 0 saturated heterocycles. The van der Waals surface area contributed by atoms with Gasteiger partial charge in [0.1, 0.15) is 0 Å². The van der Waals surface area contributed by atoms with Crippen molar-refractivity contribution in [2.24, 2.45) is 0 Å². The molecule has 0 heterocycles. The largest absolute Gasteiger partial charge is 3.00 e. The van der Waals surface area contributed by atoms with Crippen molar-refractivity contribution in [1.29, 1.82) is 0 Å². The molecule has 0 aromatic carbocycles. The Kier molecular flexibility index (Phi) is 82.0. The van der Waals surface area contributed by atoms with E-state index in [-0.39, 0.29) is 91.8 Å². The Morgan fingerprint density at radius 1 is 0.579 bits per heavy atom. The Morgan fingerprint density at radius 2 is 0.632 bits per heavy atom. The summed E-state index contributed by atoms with van der Waals surface area (Å²) in [7, 11) is 0. The van der Waals surface area contributed by atoms with E-state index in [2.05, 4.69) is 0 Å². The van der Waals surface area contributed by atoms with E-state index in [9.17, 15) is 0 Å². The van der Waals surface area contributed by atoms with Gasteiger partial charge in [-0.25, -0.2) is 0 Å². The van der Waals surface area contributed by atoms with E-state index in [1.807, 2.05) is 0 Å². The predicted octanol–water partition coefficient (Wildman–Crippen LogP) is -4.55. The second kappa shape index (κ2) is 36.5. The molecule has 126 valence electrons. The van der Waals surface area contributed by atoms with Crippen LogP contribution in [0.2, 0.25) is 0 Å². The molecule has 0 rings (SSSR count). The molecule has 0 bridgehead atoms. The first-order valence-corrected chi connectivity index (χ1v) is 4.88. The molecular formula is C9H24Cl3CoN6-6. The molecule has 0 fully saturated rings. The SMILES string of the molecule is CC([NH-])C[NH-].CC([NH-])C[NH-].CC([NH-])C[NH-].[Cl-].[Cl-].[Cl-].[Co+3]. The monoisotopic (exact) mass is 380 g/mol. The Morgan fingerprint density at radius 3 is 0.632 bits per heavy atom. The molecule has 0 aromatic heterocycles. The molecule has 19 heavy (non-hydrogen) atoms. The Balaban J connectivity index is -0.0000000206. The van der Waals surface area contributed by atoms with Crippen LogP contribution in [0.15, 0.2) is 0 Å². The van der Waals surface area contributed by atoms with E-state index in [4.69, 9.17) is 34.4 Å². The first-order valence-electron chi connectivity index (χ1n) is 4.88. The van der Waals surface area contributed by atoms with Crippen molar-refractivity contribution in [3.63, 3.8) is 0 Å². The molecule has 3 unspecified atom stereocenters. The molecular weight excluding hydrogens is 357 g/mol. The van der Waals surface area contributed by atoms with Crippen LogP contribution in [-0.2, 0) is 16.8 Å². The van der Waals surface area contributed by atoms with Gasteiger partial charge in [-0.2, -0.15) is 37.8 Å². The summed E-state index contributed by atoms with van der Waals surface area (Å²) in [5.74, 6) is 0. The van der Waals surface area contributed by atoms with Crippen LogP contribution in [0.1, 0.15) is 20.8 Å². The Labute approximate surface area is 146 Å². The number of nitrogens with one attached hydrogen (secondary N) is 6. The summed E-state index contributed by atoms with van der Waals surface area (Å²) in [6, 6.07) is -0.597. The van der Waals surface area contributed by atoms with E-state index < -0.39 is 0 Å². The summed E-state index contributed by atoms with van der Waals surface area (Å²) < 4.78 is 0. The second-order valence-electron chi connectivity index (χ2n) is 3.32. The number of rotatable bonds is 3. The summed E-state index contributed by atoms with van der Waals surface area (Å²) in [5, 5.41) is 0. The normalized spacial score (nSPS) is 11.8. The van der Waals surface area contributed by atoms with Gasteiger partial charge in [0, 0.05) is 0 Å². The quantitative estimate of drug-likeness (QED) is 0.464. The van der Waals surface area contributed by atoms with Crippen LogP contribution in [-0.4, -0.2) is 37.8 Å². The zero-order valence-corrected chi connectivity index (χ0v) is 14.6. The van der Waals surface area contributed by atoms with Gasteiger partial charge in [-0.05, 0) is 0 Å². The minimum absolute atomic E-state index is 0. The molecule has 6 nitrogen and oxygen atoms in total. The minimum atomic E-state index is -0.199. The van der Waals surface area contributed by atoms with Crippen molar-refractivity contribution >= 4 is 0 Å². The molecule has 6 N–H and O–H groups in total. The molecule has 3 atom stereocenters. The van der Waals surface area contributed by atoms with Gasteiger partial charge < -0.3 is 71.6 Å². The molecule has 0 aromatic rings. The van der Waals surface area contributed by atoms with Crippen LogP contribution in [0.25, 0.3) is 34.4 Å². The third-order valence-corrected chi connectivity index (χ3v) is 0.919. The number of hydrogen-bond donors (Lipinski definition) is 0. The van der Waals surface area contributed by atoms with E-state index in [0.717, 1.165) is 0 Å². The predicted molar refractivity (Wildman–Crippen MR) is 68.9 cm³/mol. The number of hydrogen-bond acceptors (Lipinski definition) is 0. The zero-order valence-electron chi connectivity index (χ0n) is 11.3. The fourth-order valence-electron chi connectivity index (χ4n) is 0. The average molecular weight is 382 g/mol. The standard InChI is InChI=1S/3C3H8N2.3ClH.Co/c3*1-3(5)2-4;;;;/h3*3-5H,2H2,1H3;3*1H;/q3*-2;;;;+3/p-3. The van der Waals surface area contributed by atoms with Gasteiger partial charge in [0.05, 0.1) is 0 Å². The van der Waals surface area contributed by atoms with Crippen molar-refractivity contribution in [3.05, 3.63) is 34.4 Å². The van der Waals surface area contributed by atoms with Gasteiger partial charge in [-0.1, -0.05) is 20.8 Å². The van der Waals surface area contributed by atoms with Gasteiger partial charge in [0.2, 0.25) is 0 Å². The smallest absolute Gasteiger partial charge is 1.00 e. The molecule has 0 radical (unpaired) electrons. The van der Waals surface area contributed by atoms with Crippen LogP contribution in [0.5, 0.6) is 0 Å². The van der Waals surface area contributed by atoms with Crippen LogP contribution in [0.3, 0.4) is 0 Å². The maximum absolute atomic E-state index is 6.64. The molecule has 0 aliphatic carbocycles.